The van der Waals surface area contributed by atoms with Crippen LogP contribution < -0.4 is 5.32 Å². The van der Waals surface area contributed by atoms with Gasteiger partial charge in [-0.15, -0.1) is 0 Å². The van der Waals surface area contributed by atoms with E-state index in [0.29, 0.717) is 19.1 Å². The van der Waals surface area contributed by atoms with Crippen LogP contribution in [-0.2, 0) is 9.53 Å². The van der Waals surface area contributed by atoms with E-state index in [4.69, 9.17) is 4.74 Å². The third kappa shape index (κ3) is 4.62. The summed E-state index contributed by atoms with van der Waals surface area (Å²) in [5.74, 6) is 0.282. The number of hydrogen-bond donors (Lipinski definition) is 1. The first-order chi connectivity index (χ1) is 7.24. The topological polar surface area (TPSA) is 41.6 Å². The average molecular weight is 214 g/mol. The number of ether oxygens (including phenoxy) is 1. The SMILES string of the molecule is COCC(C)NCCC(=O)N1CCCC1. The van der Waals surface area contributed by atoms with Crippen molar-refractivity contribution in [3.05, 3.63) is 0 Å². The van der Waals surface area contributed by atoms with Gasteiger partial charge in [0.25, 0.3) is 0 Å². The van der Waals surface area contributed by atoms with Gasteiger partial charge in [-0.3, -0.25) is 4.79 Å². The predicted octanol–water partition coefficient (Wildman–Crippen LogP) is 0.623. The van der Waals surface area contributed by atoms with E-state index >= 15 is 0 Å². The third-order valence-electron chi connectivity index (χ3n) is 2.71. The van der Waals surface area contributed by atoms with Crippen LogP contribution in [0.15, 0.2) is 0 Å². The lowest BCUT2D eigenvalue weighted by atomic mass is 10.3. The van der Waals surface area contributed by atoms with Crippen LogP contribution in [0.4, 0.5) is 0 Å². The minimum atomic E-state index is 0.282. The van der Waals surface area contributed by atoms with Crippen LogP contribution in [-0.4, -0.2) is 50.2 Å². The van der Waals surface area contributed by atoms with Crippen molar-refractivity contribution in [2.45, 2.75) is 32.2 Å². The summed E-state index contributed by atoms with van der Waals surface area (Å²) in [6.07, 6.45) is 2.94. The zero-order chi connectivity index (χ0) is 11.1. The molecule has 15 heavy (non-hydrogen) atoms. The second kappa shape index (κ2) is 6.80. The van der Waals surface area contributed by atoms with E-state index in [2.05, 4.69) is 12.2 Å². The Balaban J connectivity index is 2.06. The quantitative estimate of drug-likeness (QED) is 0.705. The van der Waals surface area contributed by atoms with Gasteiger partial charge in [0.2, 0.25) is 5.91 Å². The standard InChI is InChI=1S/C11H22N2O2/c1-10(9-15-2)12-6-5-11(14)13-7-3-4-8-13/h10,12H,3-9H2,1-2H3. The maximum Gasteiger partial charge on any atom is 0.223 e. The minimum absolute atomic E-state index is 0.282. The summed E-state index contributed by atoms with van der Waals surface area (Å²) < 4.78 is 5.00. The molecule has 1 N–H and O–H groups in total. The summed E-state index contributed by atoms with van der Waals surface area (Å²) in [7, 11) is 1.69. The molecule has 1 atom stereocenters. The molecule has 0 saturated carbocycles. The molecule has 1 aliphatic rings. The first-order valence-electron chi connectivity index (χ1n) is 5.74. The van der Waals surface area contributed by atoms with E-state index in [1.165, 1.54) is 12.8 Å². The van der Waals surface area contributed by atoms with Crippen LogP contribution in [0.5, 0.6) is 0 Å². The molecule has 88 valence electrons. The van der Waals surface area contributed by atoms with Crippen molar-refractivity contribution >= 4 is 5.91 Å². The summed E-state index contributed by atoms with van der Waals surface area (Å²) >= 11 is 0. The number of nitrogens with one attached hydrogen (secondary N) is 1. The Morgan fingerprint density at radius 2 is 2.13 bits per heavy atom. The normalized spacial score (nSPS) is 18.1. The first kappa shape index (κ1) is 12.5. The van der Waals surface area contributed by atoms with Gasteiger partial charge in [0.05, 0.1) is 6.61 Å². The summed E-state index contributed by atoms with van der Waals surface area (Å²) in [5.41, 5.74) is 0. The minimum Gasteiger partial charge on any atom is -0.383 e. The fourth-order valence-electron chi connectivity index (χ4n) is 1.86. The molecule has 1 saturated heterocycles. The van der Waals surface area contributed by atoms with Crippen LogP contribution in [0.25, 0.3) is 0 Å². The second-order valence-corrected chi connectivity index (χ2v) is 4.15. The second-order valence-electron chi connectivity index (χ2n) is 4.15. The summed E-state index contributed by atoms with van der Waals surface area (Å²) in [6, 6.07) is 0.321. The smallest absolute Gasteiger partial charge is 0.223 e. The molecule has 0 bridgehead atoms. The molecule has 0 aromatic carbocycles. The Kier molecular flexibility index (Phi) is 5.65. The lowest BCUT2D eigenvalue weighted by molar-refractivity contribution is -0.130. The molecule has 4 nitrogen and oxygen atoms in total. The summed E-state index contributed by atoms with van der Waals surface area (Å²) in [6.45, 7) is 5.40. The molecule has 0 aromatic rings. The highest BCUT2D eigenvalue weighted by Gasteiger charge is 2.17. The number of methoxy groups -OCH3 is 1. The van der Waals surface area contributed by atoms with Crippen molar-refractivity contribution in [1.29, 1.82) is 0 Å². The van der Waals surface area contributed by atoms with Gasteiger partial charge in [-0.2, -0.15) is 0 Å². The van der Waals surface area contributed by atoms with Gasteiger partial charge in [-0.05, 0) is 19.8 Å². The predicted molar refractivity (Wildman–Crippen MR) is 59.8 cm³/mol. The molecule has 1 aliphatic heterocycles. The van der Waals surface area contributed by atoms with Crippen LogP contribution in [0.2, 0.25) is 0 Å². The Labute approximate surface area is 92.0 Å². The van der Waals surface area contributed by atoms with E-state index < -0.39 is 0 Å². The first-order valence-corrected chi connectivity index (χ1v) is 5.74. The van der Waals surface area contributed by atoms with Gasteiger partial charge in [0.1, 0.15) is 0 Å². The number of nitrogens with zero attached hydrogens (tertiary/aromatic N) is 1. The van der Waals surface area contributed by atoms with Crippen molar-refractivity contribution in [2.24, 2.45) is 0 Å². The highest BCUT2D eigenvalue weighted by molar-refractivity contribution is 5.76. The molecular formula is C11H22N2O2. The van der Waals surface area contributed by atoms with Crippen LogP contribution in [0.3, 0.4) is 0 Å². The molecule has 0 spiro atoms. The van der Waals surface area contributed by atoms with Gasteiger partial charge in [0, 0.05) is 39.2 Å². The summed E-state index contributed by atoms with van der Waals surface area (Å²) in [4.78, 5) is 13.6. The van der Waals surface area contributed by atoms with Gasteiger partial charge in [0.15, 0.2) is 0 Å². The highest BCUT2D eigenvalue weighted by Crippen LogP contribution is 2.08. The van der Waals surface area contributed by atoms with E-state index in [1.54, 1.807) is 7.11 Å². The van der Waals surface area contributed by atoms with Crippen molar-refractivity contribution < 1.29 is 9.53 Å². The maximum absolute atomic E-state index is 11.6. The number of rotatable bonds is 6. The average Bonchev–Trinajstić information content (AvgIpc) is 2.70. The lowest BCUT2D eigenvalue weighted by Crippen LogP contribution is -2.35. The van der Waals surface area contributed by atoms with Crippen molar-refractivity contribution in [3.63, 3.8) is 0 Å². The van der Waals surface area contributed by atoms with Gasteiger partial charge in [-0.1, -0.05) is 0 Å². The zero-order valence-electron chi connectivity index (χ0n) is 9.79. The van der Waals surface area contributed by atoms with Gasteiger partial charge >= 0.3 is 0 Å². The molecule has 0 aromatic heterocycles. The third-order valence-corrected chi connectivity index (χ3v) is 2.71. The van der Waals surface area contributed by atoms with Crippen LogP contribution in [0, 0.1) is 0 Å². The number of amides is 1. The molecule has 0 radical (unpaired) electrons. The van der Waals surface area contributed by atoms with Gasteiger partial charge < -0.3 is 15.0 Å². The van der Waals surface area contributed by atoms with Crippen molar-refractivity contribution in [3.8, 4) is 0 Å². The molecule has 1 unspecified atom stereocenters. The highest BCUT2D eigenvalue weighted by atomic mass is 16.5. The number of likely N-dealkylation sites (tertiary alicyclic amines) is 1. The number of carbonyl (C=O) groups excluding carboxylic acids is 1. The largest absolute Gasteiger partial charge is 0.383 e. The van der Waals surface area contributed by atoms with E-state index in [0.717, 1.165) is 19.6 Å². The Morgan fingerprint density at radius 3 is 2.73 bits per heavy atom. The lowest BCUT2D eigenvalue weighted by Gasteiger charge is -2.16. The van der Waals surface area contributed by atoms with E-state index in [1.807, 2.05) is 4.90 Å². The van der Waals surface area contributed by atoms with Crippen LogP contribution >= 0.6 is 0 Å². The van der Waals surface area contributed by atoms with Crippen molar-refractivity contribution in [1.82, 2.24) is 10.2 Å². The van der Waals surface area contributed by atoms with Gasteiger partial charge in [-0.25, -0.2) is 0 Å². The fourth-order valence-corrected chi connectivity index (χ4v) is 1.86. The Hall–Kier alpha value is -0.610. The molecule has 1 fully saturated rings. The maximum atomic E-state index is 11.6. The Morgan fingerprint density at radius 1 is 1.47 bits per heavy atom. The molecular weight excluding hydrogens is 192 g/mol. The molecule has 0 aliphatic carbocycles. The monoisotopic (exact) mass is 214 g/mol. The number of carbonyl (C=O) groups is 1. The fraction of sp³-hybridized carbons (Fsp3) is 0.909. The summed E-state index contributed by atoms with van der Waals surface area (Å²) in [5, 5.41) is 3.27. The van der Waals surface area contributed by atoms with E-state index in [-0.39, 0.29) is 5.91 Å². The molecule has 1 heterocycles. The number of hydrogen-bond acceptors (Lipinski definition) is 3. The molecule has 1 rings (SSSR count). The Bertz CT molecular complexity index is 191. The zero-order valence-corrected chi connectivity index (χ0v) is 9.79. The molecule has 1 amide bonds. The van der Waals surface area contributed by atoms with Crippen molar-refractivity contribution in [2.75, 3.05) is 33.4 Å². The molecule has 4 heteroatoms. The van der Waals surface area contributed by atoms with E-state index in [9.17, 15) is 4.79 Å². The van der Waals surface area contributed by atoms with Crippen LogP contribution in [0.1, 0.15) is 26.2 Å².